The minimum Gasteiger partial charge on any atom is -0.351 e. The van der Waals surface area contributed by atoms with Crippen LogP contribution in [0.5, 0.6) is 0 Å². The molecular weight excluding hydrogens is 198 g/mol. The molecule has 2 heterocycles. The first-order chi connectivity index (χ1) is 7.73. The Morgan fingerprint density at radius 2 is 2.19 bits per heavy atom. The summed E-state index contributed by atoms with van der Waals surface area (Å²) < 4.78 is 1.20. The number of hydrogen-bond acceptors (Lipinski definition) is 2. The van der Waals surface area contributed by atoms with Gasteiger partial charge in [-0.3, -0.25) is 0 Å². The maximum Gasteiger partial charge on any atom is 0.128 e. The maximum atomic E-state index is 4.44. The highest BCUT2D eigenvalue weighted by Crippen LogP contribution is 2.15. The number of nitrogens with zero attached hydrogens (tertiary/aromatic N) is 3. The number of pyridine rings is 1. The molecule has 0 saturated carbocycles. The van der Waals surface area contributed by atoms with Gasteiger partial charge in [-0.15, -0.1) is 0 Å². The molecule has 16 heavy (non-hydrogen) atoms. The van der Waals surface area contributed by atoms with Crippen molar-refractivity contribution in [3.8, 4) is 0 Å². The molecule has 0 amide bonds. The van der Waals surface area contributed by atoms with Crippen LogP contribution in [0.3, 0.4) is 0 Å². The van der Waals surface area contributed by atoms with E-state index < -0.39 is 0 Å². The topological polar surface area (TPSA) is 16.1 Å². The standard InChI is InChI=1S/C13H22N3/c1-3-16(2)11-6-9-15(10-12-16)13-7-4-5-8-14-13/h4-5,7-8H,3,6,9-12H2,1-2H3/q+1. The fourth-order valence-corrected chi connectivity index (χ4v) is 2.32. The third-order valence-electron chi connectivity index (χ3n) is 3.77. The van der Waals surface area contributed by atoms with Gasteiger partial charge in [0.1, 0.15) is 5.82 Å². The largest absolute Gasteiger partial charge is 0.351 e. The number of quaternary nitrogens is 1. The van der Waals surface area contributed by atoms with E-state index in [9.17, 15) is 0 Å². The first kappa shape index (κ1) is 11.4. The lowest BCUT2D eigenvalue weighted by molar-refractivity contribution is -0.905. The SMILES string of the molecule is CC[N+]1(C)CCCN(c2ccccn2)CC1. The molecule has 1 aromatic heterocycles. The number of aromatic nitrogens is 1. The summed E-state index contributed by atoms with van der Waals surface area (Å²) in [5.41, 5.74) is 0. The average molecular weight is 220 g/mol. The number of anilines is 1. The van der Waals surface area contributed by atoms with Gasteiger partial charge >= 0.3 is 0 Å². The second kappa shape index (κ2) is 4.83. The van der Waals surface area contributed by atoms with Gasteiger partial charge in [0.2, 0.25) is 0 Å². The predicted octanol–water partition coefficient (Wildman–Crippen LogP) is 1.76. The van der Waals surface area contributed by atoms with Crippen molar-refractivity contribution in [3.05, 3.63) is 24.4 Å². The van der Waals surface area contributed by atoms with Crippen LogP contribution in [-0.4, -0.2) is 49.2 Å². The van der Waals surface area contributed by atoms with Crippen molar-refractivity contribution in [1.82, 2.24) is 4.98 Å². The molecule has 1 atom stereocenters. The lowest BCUT2D eigenvalue weighted by Gasteiger charge is -2.32. The van der Waals surface area contributed by atoms with Crippen LogP contribution >= 0.6 is 0 Å². The minimum absolute atomic E-state index is 1.13. The van der Waals surface area contributed by atoms with E-state index in [4.69, 9.17) is 0 Å². The smallest absolute Gasteiger partial charge is 0.128 e. The van der Waals surface area contributed by atoms with Crippen LogP contribution in [0.2, 0.25) is 0 Å². The molecule has 0 aromatic carbocycles. The van der Waals surface area contributed by atoms with E-state index in [-0.39, 0.29) is 0 Å². The summed E-state index contributed by atoms with van der Waals surface area (Å²) >= 11 is 0. The lowest BCUT2D eigenvalue weighted by atomic mass is 10.3. The minimum atomic E-state index is 1.13. The Hall–Kier alpha value is -1.09. The normalized spacial score (nSPS) is 26.5. The molecule has 0 aliphatic carbocycles. The molecule has 2 rings (SSSR count). The van der Waals surface area contributed by atoms with Crippen molar-refractivity contribution in [2.75, 3.05) is 44.7 Å². The summed E-state index contributed by atoms with van der Waals surface area (Å²) in [5.74, 6) is 1.13. The van der Waals surface area contributed by atoms with Crippen LogP contribution in [0.25, 0.3) is 0 Å². The molecule has 3 nitrogen and oxygen atoms in total. The molecule has 0 bridgehead atoms. The Kier molecular flexibility index (Phi) is 3.44. The summed E-state index contributed by atoms with van der Waals surface area (Å²) in [6.07, 6.45) is 3.15. The van der Waals surface area contributed by atoms with Crippen molar-refractivity contribution in [1.29, 1.82) is 0 Å². The quantitative estimate of drug-likeness (QED) is 0.706. The second-order valence-electron chi connectivity index (χ2n) is 4.91. The van der Waals surface area contributed by atoms with Gasteiger partial charge in [-0.2, -0.15) is 0 Å². The molecule has 1 aromatic rings. The third-order valence-corrected chi connectivity index (χ3v) is 3.77. The van der Waals surface area contributed by atoms with Gasteiger partial charge in [-0.1, -0.05) is 6.07 Å². The van der Waals surface area contributed by atoms with E-state index >= 15 is 0 Å². The first-order valence-corrected chi connectivity index (χ1v) is 6.23. The van der Waals surface area contributed by atoms with Crippen LogP contribution in [0.15, 0.2) is 24.4 Å². The van der Waals surface area contributed by atoms with E-state index in [1.54, 1.807) is 0 Å². The molecule has 1 aliphatic rings. The van der Waals surface area contributed by atoms with Crippen LogP contribution in [0.4, 0.5) is 5.82 Å². The number of hydrogen-bond donors (Lipinski definition) is 0. The van der Waals surface area contributed by atoms with Crippen molar-refractivity contribution in [3.63, 3.8) is 0 Å². The monoisotopic (exact) mass is 220 g/mol. The highest BCUT2D eigenvalue weighted by Gasteiger charge is 2.24. The van der Waals surface area contributed by atoms with Gasteiger partial charge in [0.05, 0.1) is 33.2 Å². The highest BCUT2D eigenvalue weighted by atomic mass is 15.4. The van der Waals surface area contributed by atoms with Crippen LogP contribution in [0, 0.1) is 0 Å². The molecule has 1 fully saturated rings. The Balaban J connectivity index is 2.05. The molecule has 3 heteroatoms. The average Bonchev–Trinajstić information content (AvgIpc) is 2.53. The van der Waals surface area contributed by atoms with Crippen molar-refractivity contribution >= 4 is 5.82 Å². The summed E-state index contributed by atoms with van der Waals surface area (Å²) in [5, 5.41) is 0. The van der Waals surface area contributed by atoms with Crippen molar-refractivity contribution in [2.24, 2.45) is 0 Å². The van der Waals surface area contributed by atoms with Crippen LogP contribution in [-0.2, 0) is 0 Å². The zero-order chi connectivity index (χ0) is 11.4. The van der Waals surface area contributed by atoms with Gasteiger partial charge in [0, 0.05) is 19.2 Å². The Morgan fingerprint density at radius 1 is 1.31 bits per heavy atom. The predicted molar refractivity (Wildman–Crippen MR) is 67.5 cm³/mol. The first-order valence-electron chi connectivity index (χ1n) is 6.23. The molecule has 1 aliphatic heterocycles. The molecule has 88 valence electrons. The van der Waals surface area contributed by atoms with Crippen LogP contribution < -0.4 is 4.90 Å². The van der Waals surface area contributed by atoms with Gasteiger partial charge in [0.25, 0.3) is 0 Å². The van der Waals surface area contributed by atoms with Gasteiger partial charge in [-0.25, -0.2) is 4.98 Å². The summed E-state index contributed by atoms with van der Waals surface area (Å²) in [7, 11) is 2.36. The number of rotatable bonds is 2. The highest BCUT2D eigenvalue weighted by molar-refractivity contribution is 5.37. The van der Waals surface area contributed by atoms with Gasteiger partial charge < -0.3 is 9.38 Å². The zero-order valence-electron chi connectivity index (χ0n) is 10.4. The van der Waals surface area contributed by atoms with Crippen molar-refractivity contribution in [2.45, 2.75) is 13.3 Å². The van der Waals surface area contributed by atoms with Gasteiger partial charge in [0.15, 0.2) is 0 Å². The van der Waals surface area contributed by atoms with Gasteiger partial charge in [-0.05, 0) is 19.1 Å². The summed E-state index contributed by atoms with van der Waals surface area (Å²) in [4.78, 5) is 6.85. The van der Waals surface area contributed by atoms with Crippen LogP contribution in [0.1, 0.15) is 13.3 Å². The Labute approximate surface area is 98.3 Å². The molecule has 0 spiro atoms. The Morgan fingerprint density at radius 3 is 2.88 bits per heavy atom. The molecule has 0 radical (unpaired) electrons. The molecule has 1 saturated heterocycles. The fourth-order valence-electron chi connectivity index (χ4n) is 2.32. The van der Waals surface area contributed by atoms with E-state index in [0.717, 1.165) is 18.9 Å². The zero-order valence-corrected chi connectivity index (χ0v) is 10.4. The van der Waals surface area contributed by atoms with E-state index in [2.05, 4.69) is 36.0 Å². The number of likely N-dealkylation sites (N-methyl/N-ethyl adjacent to an activating group) is 1. The van der Waals surface area contributed by atoms with E-state index in [1.807, 2.05) is 12.3 Å². The molecular formula is C13H22N3+. The maximum absolute atomic E-state index is 4.44. The molecule has 1 unspecified atom stereocenters. The summed E-state index contributed by atoms with van der Waals surface area (Å²) in [6, 6.07) is 6.16. The van der Waals surface area contributed by atoms with E-state index in [0.29, 0.717) is 0 Å². The lowest BCUT2D eigenvalue weighted by Crippen LogP contribution is -2.46. The Bertz CT molecular complexity index is 325. The fraction of sp³-hybridized carbons (Fsp3) is 0.615. The third kappa shape index (κ3) is 2.53. The second-order valence-corrected chi connectivity index (χ2v) is 4.91. The van der Waals surface area contributed by atoms with E-state index in [1.165, 1.54) is 30.5 Å². The van der Waals surface area contributed by atoms with Crippen molar-refractivity contribution < 1.29 is 4.48 Å². The molecule has 0 N–H and O–H groups in total. The summed E-state index contributed by atoms with van der Waals surface area (Å²) in [6.45, 7) is 8.31.